The number of rotatable bonds is 8. The van der Waals surface area contributed by atoms with E-state index in [2.05, 4.69) is 63.1 Å². The minimum Gasteiger partial charge on any atom is -0.459 e. The normalized spacial score (nSPS) is 19.6. The third kappa shape index (κ3) is 6.10. The van der Waals surface area contributed by atoms with Crippen LogP contribution in [0.3, 0.4) is 0 Å². The molecule has 1 aromatic carbocycles. The fraction of sp³-hybridized carbons (Fsp3) is 0.478. The van der Waals surface area contributed by atoms with Gasteiger partial charge in [-0.1, -0.05) is 30.3 Å². The van der Waals surface area contributed by atoms with Crippen LogP contribution in [0.15, 0.2) is 52.1 Å². The monoisotopic (exact) mass is 411 g/mol. The van der Waals surface area contributed by atoms with Crippen LogP contribution in [0.2, 0.25) is 0 Å². The molecular weight excluding hydrogens is 378 g/mol. The molecule has 3 rings (SSSR count). The lowest BCUT2D eigenvalue weighted by Crippen LogP contribution is -2.45. The molecule has 30 heavy (non-hydrogen) atoms. The van der Waals surface area contributed by atoms with Crippen LogP contribution in [0.25, 0.3) is 0 Å². The van der Waals surface area contributed by atoms with Gasteiger partial charge in [-0.15, -0.1) is 0 Å². The number of hydrogen-bond donors (Lipinski definition) is 3. The molecule has 0 saturated carbocycles. The molecular formula is C23H33N5O2. The Balaban J connectivity index is 1.35. The maximum atomic E-state index is 12.0. The number of aliphatic imine (C=N–C) groups is 1. The van der Waals surface area contributed by atoms with E-state index >= 15 is 0 Å². The summed E-state index contributed by atoms with van der Waals surface area (Å²) in [6, 6.07) is 13.3. The standard InChI is InChI=1S/C23H33N5O2/c1-17-10-13-30-21(17)22(29)25-11-7-12-26-23(24-3)27-20-14-18(2)28(16-20)15-19-8-5-4-6-9-19/h4-6,8-10,13,18,20H,7,11-12,14-16H2,1-3H3,(H,25,29)(H2,24,26,27). The number of aryl methyl sites for hydroxylation is 1. The molecule has 7 nitrogen and oxygen atoms in total. The number of nitrogens with one attached hydrogen (secondary N) is 3. The molecule has 0 aliphatic carbocycles. The second kappa shape index (κ2) is 10.8. The number of furan rings is 1. The summed E-state index contributed by atoms with van der Waals surface area (Å²) in [6.07, 6.45) is 3.42. The predicted molar refractivity (Wildman–Crippen MR) is 120 cm³/mol. The van der Waals surface area contributed by atoms with E-state index in [1.54, 1.807) is 13.1 Å². The Morgan fingerprint density at radius 2 is 1.97 bits per heavy atom. The highest BCUT2D eigenvalue weighted by molar-refractivity contribution is 5.92. The Morgan fingerprint density at radius 3 is 2.67 bits per heavy atom. The summed E-state index contributed by atoms with van der Waals surface area (Å²) >= 11 is 0. The van der Waals surface area contributed by atoms with Gasteiger partial charge in [-0.2, -0.15) is 0 Å². The first-order valence-electron chi connectivity index (χ1n) is 10.6. The molecule has 162 valence electrons. The van der Waals surface area contributed by atoms with Crippen LogP contribution in [0.5, 0.6) is 0 Å². The van der Waals surface area contributed by atoms with Crippen molar-refractivity contribution in [2.24, 2.45) is 4.99 Å². The number of benzene rings is 1. The SMILES string of the molecule is CN=C(NCCCNC(=O)c1occc1C)NC1CC(C)N(Cc2ccccc2)C1. The van der Waals surface area contributed by atoms with E-state index in [1.165, 1.54) is 11.8 Å². The Kier molecular flexibility index (Phi) is 7.90. The number of amides is 1. The number of likely N-dealkylation sites (tertiary alicyclic amines) is 1. The first kappa shape index (κ1) is 21.9. The van der Waals surface area contributed by atoms with Crippen LogP contribution in [0.1, 0.15) is 41.4 Å². The third-order valence-electron chi connectivity index (χ3n) is 5.50. The molecule has 1 fully saturated rings. The summed E-state index contributed by atoms with van der Waals surface area (Å²) in [4.78, 5) is 18.9. The molecule has 0 spiro atoms. The van der Waals surface area contributed by atoms with Crippen molar-refractivity contribution in [3.63, 3.8) is 0 Å². The van der Waals surface area contributed by atoms with Crippen LogP contribution in [0, 0.1) is 6.92 Å². The molecule has 1 aromatic heterocycles. The average Bonchev–Trinajstić information content (AvgIpc) is 3.32. The van der Waals surface area contributed by atoms with Crippen molar-refractivity contribution in [1.82, 2.24) is 20.9 Å². The van der Waals surface area contributed by atoms with Crippen LogP contribution >= 0.6 is 0 Å². The second-order valence-corrected chi connectivity index (χ2v) is 7.88. The van der Waals surface area contributed by atoms with Gasteiger partial charge in [0.05, 0.1) is 6.26 Å². The van der Waals surface area contributed by atoms with Gasteiger partial charge in [0.15, 0.2) is 11.7 Å². The van der Waals surface area contributed by atoms with Crippen molar-refractivity contribution < 1.29 is 9.21 Å². The van der Waals surface area contributed by atoms with Gasteiger partial charge in [0.1, 0.15) is 0 Å². The smallest absolute Gasteiger partial charge is 0.287 e. The van der Waals surface area contributed by atoms with E-state index in [4.69, 9.17) is 4.42 Å². The minimum atomic E-state index is -0.168. The van der Waals surface area contributed by atoms with Crippen molar-refractivity contribution in [2.45, 2.75) is 45.3 Å². The molecule has 1 aliphatic heterocycles. The first-order valence-corrected chi connectivity index (χ1v) is 10.6. The Bertz CT molecular complexity index is 833. The van der Waals surface area contributed by atoms with Crippen LogP contribution in [0.4, 0.5) is 0 Å². The van der Waals surface area contributed by atoms with Crippen LogP contribution in [-0.4, -0.2) is 55.5 Å². The van der Waals surface area contributed by atoms with Gasteiger partial charge in [-0.05, 0) is 38.3 Å². The van der Waals surface area contributed by atoms with Gasteiger partial charge in [0.25, 0.3) is 5.91 Å². The van der Waals surface area contributed by atoms with E-state index in [0.717, 1.165) is 44.0 Å². The molecule has 1 saturated heterocycles. The number of guanidine groups is 1. The van der Waals surface area contributed by atoms with Gasteiger partial charge in [-0.3, -0.25) is 14.7 Å². The highest BCUT2D eigenvalue weighted by atomic mass is 16.3. The van der Waals surface area contributed by atoms with Crippen molar-refractivity contribution in [1.29, 1.82) is 0 Å². The van der Waals surface area contributed by atoms with Gasteiger partial charge in [0.2, 0.25) is 0 Å². The summed E-state index contributed by atoms with van der Waals surface area (Å²) in [7, 11) is 1.79. The molecule has 2 atom stereocenters. The van der Waals surface area contributed by atoms with E-state index < -0.39 is 0 Å². The Labute approximate surface area is 178 Å². The van der Waals surface area contributed by atoms with E-state index in [1.807, 2.05) is 6.92 Å². The van der Waals surface area contributed by atoms with E-state index in [9.17, 15) is 4.79 Å². The molecule has 1 amide bonds. The van der Waals surface area contributed by atoms with Crippen molar-refractivity contribution in [2.75, 3.05) is 26.7 Å². The highest BCUT2D eigenvalue weighted by Gasteiger charge is 2.29. The highest BCUT2D eigenvalue weighted by Crippen LogP contribution is 2.20. The molecule has 2 aromatic rings. The zero-order chi connectivity index (χ0) is 21.3. The number of nitrogens with zero attached hydrogens (tertiary/aromatic N) is 2. The predicted octanol–water partition coefficient (Wildman–Crippen LogP) is 2.54. The molecule has 3 N–H and O–H groups in total. The number of hydrogen-bond acceptors (Lipinski definition) is 4. The second-order valence-electron chi connectivity index (χ2n) is 7.88. The molecule has 2 heterocycles. The van der Waals surface area contributed by atoms with Gasteiger partial charge in [-0.25, -0.2) is 0 Å². The summed E-state index contributed by atoms with van der Waals surface area (Å²) < 4.78 is 5.21. The summed E-state index contributed by atoms with van der Waals surface area (Å²) in [5, 5.41) is 9.76. The molecule has 2 unspecified atom stereocenters. The lowest BCUT2D eigenvalue weighted by molar-refractivity contribution is 0.0925. The molecule has 0 radical (unpaired) electrons. The Morgan fingerprint density at radius 1 is 1.20 bits per heavy atom. The minimum absolute atomic E-state index is 0.168. The summed E-state index contributed by atoms with van der Waals surface area (Å²) in [6.45, 7) is 7.42. The third-order valence-corrected chi connectivity index (χ3v) is 5.50. The van der Waals surface area contributed by atoms with Gasteiger partial charge < -0.3 is 20.4 Å². The van der Waals surface area contributed by atoms with Gasteiger partial charge in [0, 0.05) is 50.9 Å². The van der Waals surface area contributed by atoms with Crippen molar-refractivity contribution in [3.8, 4) is 0 Å². The van der Waals surface area contributed by atoms with Crippen molar-refractivity contribution >= 4 is 11.9 Å². The fourth-order valence-electron chi connectivity index (χ4n) is 3.81. The molecule has 7 heteroatoms. The van der Waals surface area contributed by atoms with Crippen LogP contribution < -0.4 is 16.0 Å². The quantitative estimate of drug-likeness (QED) is 0.353. The van der Waals surface area contributed by atoms with Gasteiger partial charge >= 0.3 is 0 Å². The van der Waals surface area contributed by atoms with E-state index in [0.29, 0.717) is 24.4 Å². The first-order chi connectivity index (χ1) is 14.6. The summed E-state index contributed by atoms with van der Waals surface area (Å²) in [5.74, 6) is 1.02. The fourth-order valence-corrected chi connectivity index (χ4v) is 3.81. The van der Waals surface area contributed by atoms with Crippen molar-refractivity contribution in [3.05, 3.63) is 59.5 Å². The van der Waals surface area contributed by atoms with Crippen LogP contribution in [-0.2, 0) is 6.54 Å². The molecule has 0 bridgehead atoms. The Hall–Kier alpha value is -2.80. The molecule has 1 aliphatic rings. The zero-order valence-corrected chi connectivity index (χ0v) is 18.1. The topological polar surface area (TPSA) is 81.9 Å². The summed E-state index contributed by atoms with van der Waals surface area (Å²) in [5.41, 5.74) is 2.20. The number of carbonyl (C=O) groups excluding carboxylic acids is 1. The maximum Gasteiger partial charge on any atom is 0.287 e. The lowest BCUT2D eigenvalue weighted by Gasteiger charge is -2.21. The lowest BCUT2D eigenvalue weighted by atomic mass is 10.2. The number of carbonyl (C=O) groups is 1. The maximum absolute atomic E-state index is 12.0. The van der Waals surface area contributed by atoms with E-state index in [-0.39, 0.29) is 5.91 Å². The average molecular weight is 412 g/mol. The largest absolute Gasteiger partial charge is 0.459 e. The zero-order valence-electron chi connectivity index (χ0n) is 18.1.